The van der Waals surface area contributed by atoms with Gasteiger partial charge in [-0.1, -0.05) is 30.3 Å². The van der Waals surface area contributed by atoms with Gasteiger partial charge < -0.3 is 9.84 Å². The number of aromatic hydroxyl groups is 1. The second-order valence-corrected chi connectivity index (χ2v) is 4.97. The number of azo groups is 1. The second kappa shape index (κ2) is 6.33. The molecule has 0 saturated carbocycles. The zero-order chi connectivity index (χ0) is 17.1. The fourth-order valence-electron chi connectivity index (χ4n) is 2.32. The number of methoxy groups -OCH3 is 1. The number of nitro groups is 1. The Bertz CT molecular complexity index is 954. The monoisotopic (exact) mass is 323 g/mol. The first kappa shape index (κ1) is 15.4. The van der Waals surface area contributed by atoms with Crippen LogP contribution in [0.5, 0.6) is 11.5 Å². The number of rotatable bonds is 4. The third-order valence-corrected chi connectivity index (χ3v) is 3.51. The molecule has 0 aliphatic carbocycles. The number of fused-ring (bicyclic) bond motifs is 1. The molecule has 3 aromatic rings. The molecule has 0 saturated heterocycles. The normalized spacial score (nSPS) is 11.0. The molecule has 7 heteroatoms. The minimum atomic E-state index is -0.514. The molecule has 7 nitrogen and oxygen atoms in total. The number of nitrogens with zero attached hydrogens (tertiary/aromatic N) is 3. The van der Waals surface area contributed by atoms with Crippen LogP contribution in [0.1, 0.15) is 0 Å². The molecule has 0 aromatic heterocycles. The van der Waals surface area contributed by atoms with Crippen molar-refractivity contribution in [3.8, 4) is 11.5 Å². The van der Waals surface area contributed by atoms with Crippen LogP contribution in [0.3, 0.4) is 0 Å². The molecule has 24 heavy (non-hydrogen) atoms. The number of nitro benzene ring substituents is 1. The Morgan fingerprint density at radius 1 is 1.08 bits per heavy atom. The molecule has 0 unspecified atom stereocenters. The summed E-state index contributed by atoms with van der Waals surface area (Å²) in [5, 5.41) is 30.7. The van der Waals surface area contributed by atoms with E-state index in [1.165, 1.54) is 25.3 Å². The average molecular weight is 323 g/mol. The maximum atomic E-state index is 10.8. The zero-order valence-corrected chi connectivity index (χ0v) is 12.7. The van der Waals surface area contributed by atoms with E-state index in [9.17, 15) is 15.2 Å². The van der Waals surface area contributed by atoms with E-state index in [2.05, 4.69) is 10.2 Å². The summed E-state index contributed by atoms with van der Waals surface area (Å²) < 4.78 is 5.12. The van der Waals surface area contributed by atoms with Gasteiger partial charge in [-0.3, -0.25) is 10.1 Å². The van der Waals surface area contributed by atoms with Crippen molar-refractivity contribution < 1.29 is 14.8 Å². The number of hydrogen-bond acceptors (Lipinski definition) is 6. The van der Waals surface area contributed by atoms with E-state index >= 15 is 0 Å². The number of benzene rings is 3. The van der Waals surface area contributed by atoms with Crippen molar-refractivity contribution in [2.45, 2.75) is 0 Å². The second-order valence-electron chi connectivity index (χ2n) is 4.97. The highest BCUT2D eigenvalue weighted by atomic mass is 16.6. The molecule has 0 atom stereocenters. The van der Waals surface area contributed by atoms with E-state index in [0.29, 0.717) is 11.4 Å². The van der Waals surface area contributed by atoms with Crippen LogP contribution in [0.15, 0.2) is 64.8 Å². The molecule has 3 rings (SSSR count). The third-order valence-electron chi connectivity index (χ3n) is 3.51. The Balaban J connectivity index is 2.06. The van der Waals surface area contributed by atoms with E-state index in [-0.39, 0.29) is 17.2 Å². The van der Waals surface area contributed by atoms with E-state index in [4.69, 9.17) is 4.74 Å². The van der Waals surface area contributed by atoms with Crippen LogP contribution in [0.25, 0.3) is 10.8 Å². The van der Waals surface area contributed by atoms with Crippen molar-refractivity contribution in [3.63, 3.8) is 0 Å². The van der Waals surface area contributed by atoms with Gasteiger partial charge in [-0.05, 0) is 17.5 Å². The number of ether oxygens (including phenoxy) is 1. The highest BCUT2D eigenvalue weighted by Gasteiger charge is 2.12. The van der Waals surface area contributed by atoms with Crippen LogP contribution in [-0.4, -0.2) is 17.1 Å². The van der Waals surface area contributed by atoms with E-state index < -0.39 is 4.92 Å². The first-order valence-corrected chi connectivity index (χ1v) is 7.05. The molecular weight excluding hydrogens is 310 g/mol. The minimum absolute atomic E-state index is 0.00155. The molecule has 120 valence electrons. The number of phenolic OH excluding ortho intramolecular Hbond substituents is 1. The first-order chi connectivity index (χ1) is 11.6. The summed E-state index contributed by atoms with van der Waals surface area (Å²) in [7, 11) is 1.40. The lowest BCUT2D eigenvalue weighted by atomic mass is 10.1. The van der Waals surface area contributed by atoms with Crippen LogP contribution in [0.2, 0.25) is 0 Å². The first-order valence-electron chi connectivity index (χ1n) is 7.05. The standard InChI is InChI=1S/C17H13N3O4/c1-24-16-10-12(20(22)23)7-8-14(16)18-19-17-13-5-3-2-4-11(13)6-9-15(17)21/h2-10,21H,1H3. The van der Waals surface area contributed by atoms with E-state index in [0.717, 1.165) is 10.8 Å². The zero-order valence-electron chi connectivity index (χ0n) is 12.7. The van der Waals surface area contributed by atoms with Gasteiger partial charge in [0, 0.05) is 11.5 Å². The van der Waals surface area contributed by atoms with Crippen molar-refractivity contribution in [1.82, 2.24) is 0 Å². The average Bonchev–Trinajstić information content (AvgIpc) is 2.60. The largest absolute Gasteiger partial charge is 0.506 e. The molecule has 0 fully saturated rings. The summed E-state index contributed by atoms with van der Waals surface area (Å²) >= 11 is 0. The highest BCUT2D eigenvalue weighted by molar-refractivity contribution is 5.95. The molecule has 3 aromatic carbocycles. The van der Waals surface area contributed by atoms with Crippen molar-refractivity contribution in [3.05, 3.63) is 64.7 Å². The molecule has 0 bridgehead atoms. The van der Waals surface area contributed by atoms with Gasteiger partial charge in [0.1, 0.15) is 17.1 Å². The third kappa shape index (κ3) is 2.87. The topological polar surface area (TPSA) is 97.3 Å². The van der Waals surface area contributed by atoms with Crippen LogP contribution in [0, 0.1) is 10.1 Å². The van der Waals surface area contributed by atoms with Crippen molar-refractivity contribution >= 4 is 27.8 Å². The molecule has 0 heterocycles. The highest BCUT2D eigenvalue weighted by Crippen LogP contribution is 2.38. The molecule has 0 aliphatic heterocycles. The summed E-state index contributed by atoms with van der Waals surface area (Å²) in [5.41, 5.74) is 0.558. The van der Waals surface area contributed by atoms with Gasteiger partial charge in [0.25, 0.3) is 5.69 Å². The van der Waals surface area contributed by atoms with Gasteiger partial charge in [-0.25, -0.2) is 0 Å². The summed E-state index contributed by atoms with van der Waals surface area (Å²) in [5.74, 6) is 0.228. The molecule has 0 aliphatic rings. The molecule has 0 radical (unpaired) electrons. The van der Waals surface area contributed by atoms with E-state index in [1.54, 1.807) is 12.1 Å². The van der Waals surface area contributed by atoms with Crippen LogP contribution >= 0.6 is 0 Å². The van der Waals surface area contributed by atoms with Gasteiger partial charge in [-0.15, -0.1) is 10.2 Å². The quantitative estimate of drug-likeness (QED) is 0.420. The van der Waals surface area contributed by atoms with Gasteiger partial charge in [0.15, 0.2) is 5.75 Å². The maximum absolute atomic E-state index is 10.8. The van der Waals surface area contributed by atoms with Gasteiger partial charge in [-0.2, -0.15) is 0 Å². The Kier molecular flexibility index (Phi) is 4.07. The number of hydrogen-bond donors (Lipinski definition) is 1. The fourth-order valence-corrected chi connectivity index (χ4v) is 2.32. The summed E-state index contributed by atoms with van der Waals surface area (Å²) in [6.07, 6.45) is 0. The van der Waals surface area contributed by atoms with Gasteiger partial charge >= 0.3 is 0 Å². The lowest BCUT2D eigenvalue weighted by molar-refractivity contribution is -0.384. The van der Waals surface area contributed by atoms with Crippen LogP contribution in [0.4, 0.5) is 17.1 Å². The van der Waals surface area contributed by atoms with Crippen molar-refractivity contribution in [2.24, 2.45) is 10.2 Å². The predicted molar refractivity (Wildman–Crippen MR) is 89.4 cm³/mol. The van der Waals surface area contributed by atoms with E-state index in [1.807, 2.05) is 24.3 Å². The molecule has 0 amide bonds. The molecule has 0 spiro atoms. The Labute approximate surface area is 137 Å². The molecular formula is C17H13N3O4. The maximum Gasteiger partial charge on any atom is 0.273 e. The van der Waals surface area contributed by atoms with Crippen molar-refractivity contribution in [1.29, 1.82) is 0 Å². The predicted octanol–water partition coefficient (Wildman–Crippen LogP) is 4.88. The Hall–Kier alpha value is -3.48. The fraction of sp³-hybridized carbons (Fsp3) is 0.0588. The molecule has 1 N–H and O–H groups in total. The summed E-state index contributed by atoms with van der Waals surface area (Å²) in [4.78, 5) is 10.3. The number of phenols is 1. The Morgan fingerprint density at radius 3 is 2.62 bits per heavy atom. The lowest BCUT2D eigenvalue weighted by Gasteiger charge is -2.05. The van der Waals surface area contributed by atoms with Crippen LogP contribution in [-0.2, 0) is 0 Å². The Morgan fingerprint density at radius 2 is 1.88 bits per heavy atom. The summed E-state index contributed by atoms with van der Waals surface area (Å²) in [6, 6.07) is 14.8. The van der Waals surface area contributed by atoms with Gasteiger partial charge in [0.2, 0.25) is 0 Å². The van der Waals surface area contributed by atoms with Crippen molar-refractivity contribution in [2.75, 3.05) is 7.11 Å². The SMILES string of the molecule is COc1cc([N+](=O)[O-])ccc1N=Nc1c(O)ccc2ccccc12. The van der Waals surface area contributed by atoms with Crippen LogP contribution < -0.4 is 4.74 Å². The lowest BCUT2D eigenvalue weighted by Crippen LogP contribution is -1.89. The smallest absolute Gasteiger partial charge is 0.273 e. The van der Waals surface area contributed by atoms with Gasteiger partial charge in [0.05, 0.1) is 18.1 Å². The minimum Gasteiger partial charge on any atom is -0.506 e. The number of non-ortho nitro benzene ring substituents is 1. The summed E-state index contributed by atoms with van der Waals surface area (Å²) in [6.45, 7) is 0.